The molecule has 25 heavy (non-hydrogen) atoms. The van der Waals surface area contributed by atoms with Crippen LogP contribution in [0, 0.1) is 17.1 Å². The summed E-state index contributed by atoms with van der Waals surface area (Å²) in [6, 6.07) is 7.73. The zero-order valence-corrected chi connectivity index (χ0v) is 13.8. The molecular weight excluding hydrogens is 352 g/mol. The summed E-state index contributed by atoms with van der Waals surface area (Å²) in [4.78, 5) is -0.167. The minimum absolute atomic E-state index is 0.0163. The van der Waals surface area contributed by atoms with E-state index in [1.165, 1.54) is 18.2 Å². The molecule has 0 spiro atoms. The molecule has 1 N–H and O–H groups in total. The van der Waals surface area contributed by atoms with Crippen molar-refractivity contribution in [3.8, 4) is 17.6 Å². The Morgan fingerprint density at radius 2 is 2.04 bits per heavy atom. The molecule has 0 saturated carbocycles. The Bertz CT molecular complexity index is 998. The minimum atomic E-state index is -3.68. The number of aliphatic hydroxyl groups is 1. The number of ether oxygens (including phenoxy) is 1. The van der Waals surface area contributed by atoms with Crippen molar-refractivity contribution >= 4 is 9.84 Å². The molecule has 0 bridgehead atoms. The summed E-state index contributed by atoms with van der Waals surface area (Å²) >= 11 is 0. The number of alkyl halides is 1. The SMILES string of the molecule is CS(=O)(=O)c1ccc(Oc2cc(F)cc(C#N)c2)c2c1[C@H](O)[C@H](F)C2. The molecule has 2 atom stereocenters. The van der Waals surface area contributed by atoms with Gasteiger partial charge in [0.1, 0.15) is 29.6 Å². The van der Waals surface area contributed by atoms with Gasteiger partial charge in [0.15, 0.2) is 9.84 Å². The first-order valence-electron chi connectivity index (χ1n) is 7.27. The number of nitriles is 1. The van der Waals surface area contributed by atoms with Crippen LogP contribution < -0.4 is 4.74 Å². The predicted molar refractivity (Wildman–Crippen MR) is 84.3 cm³/mol. The van der Waals surface area contributed by atoms with Crippen molar-refractivity contribution < 1.29 is 27.0 Å². The van der Waals surface area contributed by atoms with Gasteiger partial charge < -0.3 is 9.84 Å². The van der Waals surface area contributed by atoms with Crippen LogP contribution in [0.25, 0.3) is 0 Å². The van der Waals surface area contributed by atoms with Crippen LogP contribution in [0.5, 0.6) is 11.5 Å². The molecule has 1 aliphatic rings. The molecule has 0 radical (unpaired) electrons. The van der Waals surface area contributed by atoms with Crippen LogP contribution in [0.4, 0.5) is 8.78 Å². The average molecular weight is 365 g/mol. The van der Waals surface area contributed by atoms with E-state index in [-0.39, 0.29) is 39.5 Å². The van der Waals surface area contributed by atoms with Crippen molar-refractivity contribution in [3.05, 3.63) is 52.8 Å². The van der Waals surface area contributed by atoms with Gasteiger partial charge >= 0.3 is 0 Å². The monoisotopic (exact) mass is 365 g/mol. The summed E-state index contributed by atoms with van der Waals surface area (Å²) in [5.41, 5.74) is 0.220. The summed E-state index contributed by atoms with van der Waals surface area (Å²) in [5, 5.41) is 18.9. The van der Waals surface area contributed by atoms with Gasteiger partial charge in [-0.3, -0.25) is 0 Å². The fourth-order valence-electron chi connectivity index (χ4n) is 2.88. The lowest BCUT2D eigenvalue weighted by Crippen LogP contribution is -2.10. The van der Waals surface area contributed by atoms with Crippen molar-refractivity contribution in [1.82, 2.24) is 0 Å². The third-order valence-electron chi connectivity index (χ3n) is 3.94. The smallest absolute Gasteiger partial charge is 0.175 e. The predicted octanol–water partition coefficient (Wildman–Crippen LogP) is 2.82. The van der Waals surface area contributed by atoms with Crippen molar-refractivity contribution in [2.45, 2.75) is 23.6 Å². The van der Waals surface area contributed by atoms with E-state index in [0.29, 0.717) is 0 Å². The first-order valence-corrected chi connectivity index (χ1v) is 9.16. The molecule has 0 fully saturated rings. The molecule has 8 heteroatoms. The number of fused-ring (bicyclic) bond motifs is 1. The molecule has 0 aliphatic heterocycles. The lowest BCUT2D eigenvalue weighted by atomic mass is 10.1. The number of benzene rings is 2. The summed E-state index contributed by atoms with van der Waals surface area (Å²) in [6.45, 7) is 0. The molecule has 2 aromatic carbocycles. The third-order valence-corrected chi connectivity index (χ3v) is 5.09. The normalized spacial score (nSPS) is 19.3. The molecule has 0 unspecified atom stereocenters. The first-order chi connectivity index (χ1) is 11.7. The van der Waals surface area contributed by atoms with Gasteiger partial charge in [-0.1, -0.05) is 0 Å². The second-order valence-electron chi connectivity index (χ2n) is 5.78. The van der Waals surface area contributed by atoms with Crippen LogP contribution in [-0.4, -0.2) is 26.0 Å². The van der Waals surface area contributed by atoms with Gasteiger partial charge in [-0.15, -0.1) is 0 Å². The van der Waals surface area contributed by atoms with Gasteiger partial charge in [-0.2, -0.15) is 5.26 Å². The maximum atomic E-state index is 14.0. The van der Waals surface area contributed by atoms with Gasteiger partial charge in [0.2, 0.25) is 0 Å². The lowest BCUT2D eigenvalue weighted by molar-refractivity contribution is 0.0907. The molecule has 1 aliphatic carbocycles. The molecule has 2 aromatic rings. The molecular formula is C17H13F2NO4S. The highest BCUT2D eigenvalue weighted by atomic mass is 32.2. The summed E-state index contributed by atoms with van der Waals surface area (Å²) in [6.07, 6.45) is -2.50. The zero-order valence-electron chi connectivity index (χ0n) is 13.0. The third kappa shape index (κ3) is 3.21. The molecule has 0 heterocycles. The van der Waals surface area contributed by atoms with Crippen LogP contribution in [0.2, 0.25) is 0 Å². The van der Waals surface area contributed by atoms with Crippen LogP contribution >= 0.6 is 0 Å². The number of hydrogen-bond acceptors (Lipinski definition) is 5. The summed E-state index contributed by atoms with van der Waals surface area (Å²) in [5.74, 6) is -0.555. The Labute approximate surface area is 143 Å². The fourth-order valence-corrected chi connectivity index (χ4v) is 3.84. The number of rotatable bonds is 3. The number of aliphatic hydroxyl groups excluding tert-OH is 1. The quantitative estimate of drug-likeness (QED) is 0.904. The van der Waals surface area contributed by atoms with Crippen LogP contribution in [0.3, 0.4) is 0 Å². The molecule has 130 valence electrons. The van der Waals surface area contributed by atoms with E-state index < -0.39 is 27.9 Å². The lowest BCUT2D eigenvalue weighted by Gasteiger charge is -2.14. The van der Waals surface area contributed by atoms with Crippen molar-refractivity contribution in [1.29, 1.82) is 5.26 Å². The van der Waals surface area contributed by atoms with Crippen molar-refractivity contribution in [2.75, 3.05) is 6.26 Å². The van der Waals surface area contributed by atoms with E-state index >= 15 is 0 Å². The van der Waals surface area contributed by atoms with Crippen molar-refractivity contribution in [3.63, 3.8) is 0 Å². The Hall–Kier alpha value is -2.50. The second kappa shape index (κ2) is 6.10. The number of sulfone groups is 1. The standard InChI is InChI=1S/C17H13F2NO4S/c1-25(22,23)15-3-2-14(12-7-13(19)17(21)16(12)15)24-11-5-9(8-20)4-10(18)6-11/h2-6,13,17,21H,7H2,1H3/t13-,17-/m1/s1. The summed E-state index contributed by atoms with van der Waals surface area (Å²) in [7, 11) is -3.68. The van der Waals surface area contributed by atoms with Gasteiger partial charge in [-0.05, 0) is 24.3 Å². The Kier molecular flexibility index (Phi) is 4.22. The van der Waals surface area contributed by atoms with Crippen LogP contribution in [-0.2, 0) is 16.3 Å². The number of halogens is 2. The molecule has 0 saturated heterocycles. The van der Waals surface area contributed by atoms with Gasteiger partial charge in [0.05, 0.1) is 16.5 Å². The van der Waals surface area contributed by atoms with Crippen LogP contribution in [0.1, 0.15) is 22.8 Å². The molecule has 5 nitrogen and oxygen atoms in total. The maximum Gasteiger partial charge on any atom is 0.175 e. The van der Waals surface area contributed by atoms with E-state index in [0.717, 1.165) is 18.4 Å². The highest BCUT2D eigenvalue weighted by Crippen LogP contribution is 2.43. The van der Waals surface area contributed by atoms with E-state index in [1.54, 1.807) is 6.07 Å². The van der Waals surface area contributed by atoms with Gasteiger partial charge in [0, 0.05) is 29.9 Å². The molecule has 0 amide bonds. The van der Waals surface area contributed by atoms with E-state index in [4.69, 9.17) is 10.00 Å². The Morgan fingerprint density at radius 3 is 2.68 bits per heavy atom. The highest BCUT2D eigenvalue weighted by molar-refractivity contribution is 7.90. The molecule has 3 rings (SSSR count). The number of nitrogens with zero attached hydrogens (tertiary/aromatic N) is 1. The first kappa shape index (κ1) is 17.3. The van der Waals surface area contributed by atoms with Crippen molar-refractivity contribution in [2.24, 2.45) is 0 Å². The zero-order chi connectivity index (χ0) is 18.4. The Balaban J connectivity index is 2.11. The van der Waals surface area contributed by atoms with E-state index in [9.17, 15) is 22.3 Å². The second-order valence-corrected chi connectivity index (χ2v) is 7.76. The topological polar surface area (TPSA) is 87.4 Å². The largest absolute Gasteiger partial charge is 0.457 e. The molecule has 0 aromatic heterocycles. The van der Waals surface area contributed by atoms with E-state index in [2.05, 4.69) is 0 Å². The number of hydrogen-bond donors (Lipinski definition) is 1. The maximum absolute atomic E-state index is 14.0. The fraction of sp³-hybridized carbons (Fsp3) is 0.235. The van der Waals surface area contributed by atoms with Gasteiger partial charge in [-0.25, -0.2) is 17.2 Å². The Morgan fingerprint density at radius 1 is 1.32 bits per heavy atom. The summed E-state index contributed by atoms with van der Waals surface area (Å²) < 4.78 is 56.8. The van der Waals surface area contributed by atoms with Gasteiger partial charge in [0.25, 0.3) is 0 Å². The highest BCUT2D eigenvalue weighted by Gasteiger charge is 2.37. The minimum Gasteiger partial charge on any atom is -0.457 e. The average Bonchev–Trinajstić information content (AvgIpc) is 2.82. The van der Waals surface area contributed by atoms with E-state index in [1.807, 2.05) is 0 Å². The van der Waals surface area contributed by atoms with Crippen LogP contribution in [0.15, 0.2) is 35.2 Å².